The molecule has 0 saturated carbocycles. The maximum Gasteiger partial charge on any atom is 0.106 e. The third kappa shape index (κ3) is 1.74. The van der Waals surface area contributed by atoms with Crippen LogP contribution in [0.3, 0.4) is 0 Å². The molecule has 48 valence electrons. The second-order valence-electron chi connectivity index (χ2n) is 2.69. The van der Waals surface area contributed by atoms with E-state index >= 15 is 0 Å². The van der Waals surface area contributed by atoms with Gasteiger partial charge in [-0.2, -0.15) is 0 Å². The van der Waals surface area contributed by atoms with Crippen LogP contribution in [0.15, 0.2) is 23.3 Å². The van der Waals surface area contributed by atoms with Gasteiger partial charge in [0.15, 0.2) is 0 Å². The van der Waals surface area contributed by atoms with Crippen molar-refractivity contribution >= 4 is 7.85 Å². The molecule has 0 unspecified atom stereocenters. The van der Waals surface area contributed by atoms with Crippen LogP contribution in [-0.4, -0.2) is 7.85 Å². The van der Waals surface area contributed by atoms with Crippen molar-refractivity contribution in [3.63, 3.8) is 0 Å². The van der Waals surface area contributed by atoms with Crippen molar-refractivity contribution < 1.29 is 0 Å². The first-order chi connectivity index (χ1) is 4.33. The van der Waals surface area contributed by atoms with Crippen LogP contribution < -0.4 is 0 Å². The van der Waals surface area contributed by atoms with E-state index in [4.69, 9.17) is 0 Å². The predicted molar refractivity (Wildman–Crippen MR) is 44.4 cm³/mol. The van der Waals surface area contributed by atoms with Gasteiger partial charge in [-0.25, -0.2) is 0 Å². The van der Waals surface area contributed by atoms with Crippen LogP contribution >= 0.6 is 0 Å². The summed E-state index contributed by atoms with van der Waals surface area (Å²) in [6.07, 6.45) is 8.30. The lowest BCUT2D eigenvalue weighted by Gasteiger charge is -2.08. The summed E-state index contributed by atoms with van der Waals surface area (Å²) in [5, 5.41) is 0. The molecule has 0 aromatic carbocycles. The summed E-state index contributed by atoms with van der Waals surface area (Å²) < 4.78 is 0. The number of hydrogen-bond acceptors (Lipinski definition) is 0. The Bertz CT molecular complexity index is 154. The maximum absolute atomic E-state index is 2.26. The average molecular weight is 120 g/mol. The van der Waals surface area contributed by atoms with Crippen LogP contribution in [0.25, 0.3) is 0 Å². The molecule has 1 aliphatic carbocycles. The summed E-state index contributed by atoms with van der Waals surface area (Å²) in [5.41, 5.74) is 3.12. The molecular formula is C8H13B. The minimum atomic E-state index is 1.23. The van der Waals surface area contributed by atoms with Crippen molar-refractivity contribution in [3.8, 4) is 0 Å². The first-order valence-electron chi connectivity index (χ1n) is 3.68. The monoisotopic (exact) mass is 120 g/mol. The average Bonchev–Trinajstić information content (AvgIpc) is 1.90. The van der Waals surface area contributed by atoms with Crippen LogP contribution in [0.4, 0.5) is 0 Å². The van der Waals surface area contributed by atoms with Gasteiger partial charge in [0.2, 0.25) is 0 Å². The number of hydrogen-bond donors (Lipinski definition) is 0. The van der Waals surface area contributed by atoms with Gasteiger partial charge in [0.1, 0.15) is 7.85 Å². The van der Waals surface area contributed by atoms with Gasteiger partial charge in [-0.15, -0.1) is 0 Å². The highest BCUT2D eigenvalue weighted by Crippen LogP contribution is 2.18. The van der Waals surface area contributed by atoms with E-state index in [9.17, 15) is 0 Å². The van der Waals surface area contributed by atoms with Gasteiger partial charge >= 0.3 is 0 Å². The van der Waals surface area contributed by atoms with Crippen molar-refractivity contribution in [3.05, 3.63) is 23.3 Å². The molecule has 0 aromatic heterocycles. The van der Waals surface area contributed by atoms with Gasteiger partial charge in [0.25, 0.3) is 0 Å². The van der Waals surface area contributed by atoms with Crippen molar-refractivity contribution in [1.29, 1.82) is 0 Å². The molecule has 1 heteroatoms. The Balaban J connectivity index is 2.59. The second kappa shape index (κ2) is 2.91. The molecule has 0 aromatic rings. The molecule has 0 saturated heterocycles. The number of allylic oxidation sites excluding steroid dienone is 4. The Morgan fingerprint density at radius 1 is 1.44 bits per heavy atom. The van der Waals surface area contributed by atoms with Crippen molar-refractivity contribution in [2.24, 2.45) is 0 Å². The molecule has 9 heavy (non-hydrogen) atoms. The van der Waals surface area contributed by atoms with Crippen molar-refractivity contribution in [2.75, 3.05) is 0 Å². The standard InChI is InChI=1S/C8H13B/c1-7-2-4-8(6-9)5-3-7/h2,4H,3,5-6,9H2,1H3. The SMILES string of the molecule is BCC1=CC=C(C)CC1. The highest BCUT2D eigenvalue weighted by atomic mass is 14.0. The van der Waals surface area contributed by atoms with Gasteiger partial charge in [0.05, 0.1) is 0 Å². The quantitative estimate of drug-likeness (QED) is 0.462. The minimum Gasteiger partial charge on any atom is -0.0777 e. The first-order valence-corrected chi connectivity index (χ1v) is 3.68. The van der Waals surface area contributed by atoms with Crippen molar-refractivity contribution in [1.82, 2.24) is 0 Å². The summed E-state index contributed by atoms with van der Waals surface area (Å²) >= 11 is 0. The lowest BCUT2D eigenvalue weighted by Crippen LogP contribution is -1.89. The molecule has 0 radical (unpaired) electrons. The van der Waals surface area contributed by atoms with E-state index in [0.29, 0.717) is 0 Å². The Morgan fingerprint density at radius 2 is 2.22 bits per heavy atom. The van der Waals surface area contributed by atoms with Gasteiger partial charge in [-0.05, 0) is 19.8 Å². The minimum absolute atomic E-state index is 1.23. The molecule has 0 heterocycles. The normalized spacial score (nSPS) is 18.8. The number of rotatable bonds is 1. The third-order valence-electron chi connectivity index (χ3n) is 1.90. The highest BCUT2D eigenvalue weighted by molar-refractivity contribution is 6.10. The van der Waals surface area contributed by atoms with E-state index in [1.165, 1.54) is 24.7 Å². The van der Waals surface area contributed by atoms with E-state index in [1.807, 2.05) is 0 Å². The fourth-order valence-corrected chi connectivity index (χ4v) is 1.08. The zero-order chi connectivity index (χ0) is 6.69. The van der Waals surface area contributed by atoms with Crippen LogP contribution in [0, 0.1) is 0 Å². The molecule has 1 aliphatic rings. The van der Waals surface area contributed by atoms with Gasteiger partial charge in [-0.3, -0.25) is 0 Å². The third-order valence-corrected chi connectivity index (χ3v) is 1.90. The largest absolute Gasteiger partial charge is 0.106 e. The summed E-state index contributed by atoms with van der Waals surface area (Å²) in [6.45, 7) is 2.20. The van der Waals surface area contributed by atoms with Gasteiger partial charge in [-0.1, -0.05) is 29.6 Å². The lowest BCUT2D eigenvalue weighted by atomic mass is 9.89. The first kappa shape index (κ1) is 6.66. The second-order valence-corrected chi connectivity index (χ2v) is 2.69. The summed E-state index contributed by atoms with van der Waals surface area (Å²) in [7, 11) is 2.22. The fraction of sp³-hybridized carbons (Fsp3) is 0.500. The molecule has 0 N–H and O–H groups in total. The molecule has 1 rings (SSSR count). The zero-order valence-corrected chi connectivity index (χ0v) is 6.28. The smallest absolute Gasteiger partial charge is 0.0777 e. The lowest BCUT2D eigenvalue weighted by molar-refractivity contribution is 0.905. The summed E-state index contributed by atoms with van der Waals surface area (Å²) in [4.78, 5) is 0. The topological polar surface area (TPSA) is 0 Å². The van der Waals surface area contributed by atoms with Crippen LogP contribution in [0.5, 0.6) is 0 Å². The van der Waals surface area contributed by atoms with Gasteiger partial charge in [0, 0.05) is 0 Å². The van der Waals surface area contributed by atoms with Crippen molar-refractivity contribution in [2.45, 2.75) is 26.1 Å². The van der Waals surface area contributed by atoms with E-state index in [0.717, 1.165) is 0 Å². The molecule has 0 nitrogen and oxygen atoms in total. The molecule has 0 fully saturated rings. The van der Waals surface area contributed by atoms with E-state index in [1.54, 1.807) is 5.57 Å². The van der Waals surface area contributed by atoms with Crippen LogP contribution in [-0.2, 0) is 0 Å². The Kier molecular flexibility index (Phi) is 2.15. The van der Waals surface area contributed by atoms with E-state index in [-0.39, 0.29) is 0 Å². The maximum atomic E-state index is 2.26. The summed E-state index contributed by atoms with van der Waals surface area (Å²) in [5.74, 6) is 0. The predicted octanol–water partition coefficient (Wildman–Crippen LogP) is 1.70. The fourth-order valence-electron chi connectivity index (χ4n) is 1.08. The molecule has 0 amide bonds. The molecule has 0 atom stereocenters. The summed E-state index contributed by atoms with van der Waals surface area (Å²) in [6, 6.07) is 0. The molecule has 0 bridgehead atoms. The molecular weight excluding hydrogens is 107 g/mol. The van der Waals surface area contributed by atoms with Gasteiger partial charge < -0.3 is 0 Å². The molecule has 0 aliphatic heterocycles. The molecule has 0 spiro atoms. The Morgan fingerprint density at radius 3 is 2.67 bits per heavy atom. The van der Waals surface area contributed by atoms with E-state index < -0.39 is 0 Å². The Labute approximate surface area is 58.1 Å². The zero-order valence-electron chi connectivity index (χ0n) is 6.28. The Hall–Kier alpha value is -0.455. The highest BCUT2D eigenvalue weighted by Gasteiger charge is 1.99. The van der Waals surface area contributed by atoms with E-state index in [2.05, 4.69) is 26.9 Å². The van der Waals surface area contributed by atoms with Crippen LogP contribution in [0.1, 0.15) is 19.8 Å². The van der Waals surface area contributed by atoms with Crippen LogP contribution in [0.2, 0.25) is 6.32 Å².